The Morgan fingerprint density at radius 3 is 2.37 bits per heavy atom. The molecular formula is C21H24F4N4O. The second-order valence-corrected chi connectivity index (χ2v) is 7.43. The summed E-state index contributed by atoms with van der Waals surface area (Å²) in [5.74, 6) is -2.24. The maximum absolute atomic E-state index is 14.5. The molecular weight excluding hydrogens is 400 g/mol. The van der Waals surface area contributed by atoms with E-state index in [0.29, 0.717) is 13.1 Å². The number of piperazine rings is 1. The second-order valence-electron chi connectivity index (χ2n) is 7.43. The van der Waals surface area contributed by atoms with E-state index in [4.69, 9.17) is 5.73 Å². The van der Waals surface area contributed by atoms with Gasteiger partial charge in [-0.1, -0.05) is 18.2 Å². The molecule has 1 fully saturated rings. The summed E-state index contributed by atoms with van der Waals surface area (Å²) in [5.41, 5.74) is 5.30. The third-order valence-corrected chi connectivity index (χ3v) is 5.32. The maximum atomic E-state index is 14.5. The Labute approximate surface area is 172 Å². The molecule has 0 unspecified atom stereocenters. The van der Waals surface area contributed by atoms with E-state index in [9.17, 15) is 22.4 Å². The number of nitrogens with two attached hydrogens (primary N) is 1. The van der Waals surface area contributed by atoms with Crippen LogP contribution in [0.5, 0.6) is 0 Å². The van der Waals surface area contributed by atoms with Crippen LogP contribution >= 0.6 is 0 Å². The van der Waals surface area contributed by atoms with Crippen molar-refractivity contribution in [2.75, 3.05) is 43.9 Å². The first-order valence-electron chi connectivity index (χ1n) is 9.59. The summed E-state index contributed by atoms with van der Waals surface area (Å²) in [6, 6.07) is 5.21. The quantitative estimate of drug-likeness (QED) is 0.567. The van der Waals surface area contributed by atoms with Crippen molar-refractivity contribution in [2.45, 2.75) is 19.4 Å². The van der Waals surface area contributed by atoms with Crippen LogP contribution in [0, 0.1) is 11.6 Å². The fourth-order valence-corrected chi connectivity index (χ4v) is 3.49. The highest BCUT2D eigenvalue weighted by Gasteiger charge is 2.24. The molecule has 3 rings (SSSR count). The Bertz CT molecular complexity index is 929. The van der Waals surface area contributed by atoms with Gasteiger partial charge in [-0.3, -0.25) is 4.79 Å². The third-order valence-electron chi connectivity index (χ3n) is 5.32. The Morgan fingerprint density at radius 2 is 1.73 bits per heavy atom. The van der Waals surface area contributed by atoms with Crippen LogP contribution in [0.4, 0.5) is 28.9 Å². The molecule has 30 heavy (non-hydrogen) atoms. The molecule has 0 bridgehead atoms. The highest BCUT2D eigenvalue weighted by Crippen LogP contribution is 2.29. The molecule has 0 radical (unpaired) electrons. The minimum Gasteiger partial charge on any atom is -0.398 e. The lowest BCUT2D eigenvalue weighted by atomic mass is 10.0. The molecule has 1 atom stereocenters. The first-order valence-corrected chi connectivity index (χ1v) is 9.59. The number of carbonyl (C=O) groups excluding carboxylic acids is 1. The molecule has 2 aromatic carbocycles. The summed E-state index contributed by atoms with van der Waals surface area (Å²) in [6.07, 6.45) is -2.97. The predicted octanol–water partition coefficient (Wildman–Crippen LogP) is 3.73. The number of nitrogens with zero attached hydrogens (tertiary/aromatic N) is 2. The van der Waals surface area contributed by atoms with Gasteiger partial charge in [0, 0.05) is 37.4 Å². The van der Waals surface area contributed by atoms with Crippen molar-refractivity contribution in [1.29, 1.82) is 0 Å². The first kappa shape index (κ1) is 21.9. The number of rotatable bonds is 5. The number of alkyl halides is 2. The van der Waals surface area contributed by atoms with Gasteiger partial charge in [0.2, 0.25) is 0 Å². The average molecular weight is 424 g/mol. The molecule has 9 heteroatoms. The third kappa shape index (κ3) is 4.51. The molecule has 0 spiro atoms. The van der Waals surface area contributed by atoms with E-state index in [1.54, 1.807) is 0 Å². The highest BCUT2D eigenvalue weighted by molar-refractivity contribution is 6.00. The molecule has 162 valence electrons. The summed E-state index contributed by atoms with van der Waals surface area (Å²) in [4.78, 5) is 16.7. The molecule has 2 aromatic rings. The average Bonchev–Trinajstić information content (AvgIpc) is 2.68. The van der Waals surface area contributed by atoms with Crippen LogP contribution in [-0.2, 0) is 0 Å². The lowest BCUT2D eigenvalue weighted by Gasteiger charge is -2.34. The molecule has 3 N–H and O–H groups in total. The van der Waals surface area contributed by atoms with Crippen LogP contribution in [0.1, 0.15) is 40.9 Å². The fraction of sp³-hybridized carbons (Fsp3) is 0.381. The Hall–Kier alpha value is -2.81. The summed E-state index contributed by atoms with van der Waals surface area (Å²) in [5, 5.41) is 2.56. The van der Waals surface area contributed by atoms with Crippen molar-refractivity contribution in [1.82, 2.24) is 10.2 Å². The maximum Gasteiger partial charge on any atom is 0.266 e. The standard InChI is InChI=1S/C21H24F4N4O/c1-12(13-4-3-5-14(19(13)23)20(24)25)27-21(30)15-10-18(16(22)11-17(15)26)29-8-6-28(2)7-9-29/h3-5,10-12,20H,6-9,26H2,1-2H3,(H,27,30)/t12-/m1/s1. The number of carbonyl (C=O) groups is 1. The monoisotopic (exact) mass is 424 g/mol. The zero-order valence-corrected chi connectivity index (χ0v) is 16.8. The molecule has 5 nitrogen and oxygen atoms in total. The van der Waals surface area contributed by atoms with Crippen molar-refractivity contribution in [3.63, 3.8) is 0 Å². The second kappa shape index (κ2) is 8.91. The Morgan fingerprint density at radius 1 is 1.10 bits per heavy atom. The van der Waals surface area contributed by atoms with E-state index >= 15 is 0 Å². The zero-order valence-electron chi connectivity index (χ0n) is 16.8. The molecule has 0 aromatic heterocycles. The van der Waals surface area contributed by atoms with Gasteiger partial charge in [0.05, 0.1) is 22.9 Å². The largest absolute Gasteiger partial charge is 0.398 e. The van der Waals surface area contributed by atoms with Crippen LogP contribution in [0.25, 0.3) is 0 Å². The van der Waals surface area contributed by atoms with Gasteiger partial charge in [-0.25, -0.2) is 17.6 Å². The van der Waals surface area contributed by atoms with Crippen LogP contribution in [-0.4, -0.2) is 44.0 Å². The number of hydrogen-bond donors (Lipinski definition) is 2. The van der Waals surface area contributed by atoms with Crippen molar-refractivity contribution in [3.8, 4) is 0 Å². The van der Waals surface area contributed by atoms with Crippen LogP contribution < -0.4 is 16.0 Å². The number of halogens is 4. The van der Waals surface area contributed by atoms with E-state index in [-0.39, 0.29) is 22.5 Å². The lowest BCUT2D eigenvalue weighted by molar-refractivity contribution is 0.0940. The summed E-state index contributed by atoms with van der Waals surface area (Å²) < 4.78 is 54.8. The van der Waals surface area contributed by atoms with Crippen molar-refractivity contribution >= 4 is 17.3 Å². The minimum atomic E-state index is -2.97. The van der Waals surface area contributed by atoms with E-state index in [2.05, 4.69) is 10.2 Å². The predicted molar refractivity (Wildman–Crippen MR) is 108 cm³/mol. The number of nitrogen functional groups attached to an aromatic ring is 1. The molecule has 1 aliphatic heterocycles. The fourth-order valence-electron chi connectivity index (χ4n) is 3.49. The molecule has 0 saturated carbocycles. The van der Waals surface area contributed by atoms with Crippen LogP contribution in [0.15, 0.2) is 30.3 Å². The van der Waals surface area contributed by atoms with Gasteiger partial charge in [0.25, 0.3) is 12.3 Å². The number of nitrogens with one attached hydrogen (secondary N) is 1. The van der Waals surface area contributed by atoms with Crippen LogP contribution in [0.2, 0.25) is 0 Å². The van der Waals surface area contributed by atoms with Crippen LogP contribution in [0.3, 0.4) is 0 Å². The van der Waals surface area contributed by atoms with E-state index in [0.717, 1.165) is 25.2 Å². The normalized spacial score (nSPS) is 16.0. The number of likely N-dealkylation sites (N-methyl/N-ethyl adjacent to an activating group) is 1. The van der Waals surface area contributed by atoms with E-state index in [1.165, 1.54) is 25.1 Å². The van der Waals surface area contributed by atoms with Gasteiger partial charge in [-0.2, -0.15) is 0 Å². The molecule has 0 aliphatic carbocycles. The van der Waals surface area contributed by atoms with E-state index < -0.39 is 35.6 Å². The zero-order chi connectivity index (χ0) is 22.0. The van der Waals surface area contributed by atoms with Gasteiger partial charge in [-0.15, -0.1) is 0 Å². The number of benzene rings is 2. The first-order chi connectivity index (χ1) is 14.2. The summed E-state index contributed by atoms with van der Waals surface area (Å²) in [6.45, 7) is 4.18. The topological polar surface area (TPSA) is 61.6 Å². The van der Waals surface area contributed by atoms with Crippen molar-refractivity contribution in [2.24, 2.45) is 0 Å². The smallest absolute Gasteiger partial charge is 0.266 e. The van der Waals surface area contributed by atoms with Gasteiger partial charge >= 0.3 is 0 Å². The van der Waals surface area contributed by atoms with Gasteiger partial charge in [0.15, 0.2) is 0 Å². The number of hydrogen-bond acceptors (Lipinski definition) is 4. The van der Waals surface area contributed by atoms with Gasteiger partial charge in [-0.05, 0) is 26.1 Å². The molecule has 1 amide bonds. The summed E-state index contributed by atoms with van der Waals surface area (Å²) >= 11 is 0. The van der Waals surface area contributed by atoms with Gasteiger partial charge in [0.1, 0.15) is 11.6 Å². The highest BCUT2D eigenvalue weighted by atomic mass is 19.3. The van der Waals surface area contributed by atoms with Crippen molar-refractivity contribution in [3.05, 3.63) is 58.7 Å². The number of anilines is 2. The SMILES string of the molecule is C[C@@H](NC(=O)c1cc(N2CCN(C)CC2)c(F)cc1N)c1cccc(C(F)F)c1F. The lowest BCUT2D eigenvalue weighted by Crippen LogP contribution is -2.45. The van der Waals surface area contributed by atoms with E-state index in [1.807, 2.05) is 11.9 Å². The molecule has 1 aliphatic rings. The molecule has 1 heterocycles. The Balaban J connectivity index is 1.83. The minimum absolute atomic E-state index is 0.0441. The van der Waals surface area contributed by atoms with Gasteiger partial charge < -0.3 is 20.9 Å². The van der Waals surface area contributed by atoms with Crippen molar-refractivity contribution < 1.29 is 22.4 Å². The number of amides is 1. The molecule has 1 saturated heterocycles. The Kier molecular flexibility index (Phi) is 6.50. The summed E-state index contributed by atoms with van der Waals surface area (Å²) in [7, 11) is 1.97.